The van der Waals surface area contributed by atoms with E-state index in [1.807, 2.05) is 0 Å². The van der Waals surface area contributed by atoms with Crippen LogP contribution in [0.5, 0.6) is 0 Å². The van der Waals surface area contributed by atoms with E-state index in [1.165, 1.54) is 17.2 Å². The van der Waals surface area contributed by atoms with Crippen LogP contribution >= 0.6 is 23.2 Å². The van der Waals surface area contributed by atoms with Crippen molar-refractivity contribution in [3.63, 3.8) is 0 Å². The summed E-state index contributed by atoms with van der Waals surface area (Å²) in [6.45, 7) is 0.00922. The highest BCUT2D eigenvalue weighted by atomic mass is 35.5. The second kappa shape index (κ2) is 6.22. The van der Waals surface area contributed by atoms with Crippen molar-refractivity contribution in [2.45, 2.75) is 12.5 Å². The molecule has 1 fully saturated rings. The Morgan fingerprint density at radius 1 is 1.52 bits per heavy atom. The quantitative estimate of drug-likeness (QED) is 0.616. The van der Waals surface area contributed by atoms with Crippen molar-refractivity contribution in [2.24, 2.45) is 0 Å². The van der Waals surface area contributed by atoms with Crippen LogP contribution in [-0.4, -0.2) is 48.3 Å². The Kier molecular flexibility index (Phi) is 4.77. The van der Waals surface area contributed by atoms with Gasteiger partial charge in [0.15, 0.2) is 9.84 Å². The van der Waals surface area contributed by atoms with Crippen LogP contribution in [0.1, 0.15) is 16.8 Å². The average molecular weight is 347 g/mol. The third-order valence-corrected chi connectivity index (χ3v) is 5.48. The molecule has 0 spiro atoms. The van der Waals surface area contributed by atoms with Gasteiger partial charge in [-0.05, 0) is 12.5 Å². The third kappa shape index (κ3) is 3.67. The molecule has 0 aliphatic carbocycles. The highest BCUT2D eigenvalue weighted by molar-refractivity contribution is 7.91. The molecule has 0 bridgehead atoms. The molecular weight excluding hydrogens is 335 g/mol. The van der Waals surface area contributed by atoms with Crippen LogP contribution in [0.15, 0.2) is 12.3 Å². The van der Waals surface area contributed by atoms with E-state index in [4.69, 9.17) is 29.6 Å². The molecule has 1 atom stereocenters. The van der Waals surface area contributed by atoms with Gasteiger partial charge in [0.1, 0.15) is 5.15 Å². The fourth-order valence-electron chi connectivity index (χ4n) is 2.22. The number of amides is 1. The number of carbonyl (C=O) groups excluding carboxylic acids is 1. The first-order chi connectivity index (χ1) is 9.84. The molecule has 1 aliphatic heterocycles. The lowest BCUT2D eigenvalue weighted by Crippen LogP contribution is -2.41. The monoisotopic (exact) mass is 346 g/mol. The van der Waals surface area contributed by atoms with Gasteiger partial charge in [-0.3, -0.25) is 4.79 Å². The standard InChI is InChI=1S/C13H12Cl2N2O3S/c1-2-4-17(9-3-5-21(19,20)8-9)13(18)10-6-12(15)16-7-11(10)14/h1,6-7,9H,3-5,8H2. The second-order valence-corrected chi connectivity index (χ2v) is 7.70. The fraction of sp³-hybridized carbons (Fsp3) is 0.385. The maximum atomic E-state index is 12.6. The number of terminal acetylenes is 1. The highest BCUT2D eigenvalue weighted by Crippen LogP contribution is 2.24. The van der Waals surface area contributed by atoms with Crippen LogP contribution in [0.3, 0.4) is 0 Å². The Bertz CT molecular complexity index is 713. The van der Waals surface area contributed by atoms with Crippen LogP contribution in [0.2, 0.25) is 10.2 Å². The normalized spacial score (nSPS) is 20.0. The molecule has 1 aromatic heterocycles. The van der Waals surface area contributed by atoms with Gasteiger partial charge >= 0.3 is 0 Å². The molecule has 21 heavy (non-hydrogen) atoms. The Morgan fingerprint density at radius 3 is 2.81 bits per heavy atom. The summed E-state index contributed by atoms with van der Waals surface area (Å²) >= 11 is 11.7. The van der Waals surface area contributed by atoms with E-state index in [0.29, 0.717) is 6.42 Å². The molecule has 0 aromatic carbocycles. The van der Waals surface area contributed by atoms with Gasteiger partial charge in [0.25, 0.3) is 5.91 Å². The summed E-state index contributed by atoms with van der Waals surface area (Å²) in [5.74, 6) is 1.90. The smallest absolute Gasteiger partial charge is 0.256 e. The lowest BCUT2D eigenvalue weighted by atomic mass is 10.1. The van der Waals surface area contributed by atoms with Crippen LogP contribution in [-0.2, 0) is 9.84 Å². The van der Waals surface area contributed by atoms with E-state index in [2.05, 4.69) is 10.9 Å². The van der Waals surface area contributed by atoms with E-state index in [0.717, 1.165) is 0 Å². The molecule has 5 nitrogen and oxygen atoms in total. The van der Waals surface area contributed by atoms with Crippen molar-refractivity contribution < 1.29 is 13.2 Å². The molecule has 1 unspecified atom stereocenters. The number of rotatable bonds is 3. The minimum absolute atomic E-state index is 0.00922. The van der Waals surface area contributed by atoms with Gasteiger partial charge in [-0.1, -0.05) is 29.1 Å². The molecule has 1 saturated heterocycles. The van der Waals surface area contributed by atoms with Gasteiger partial charge in [0, 0.05) is 12.2 Å². The Balaban J connectivity index is 2.32. The SMILES string of the molecule is C#CCN(C(=O)c1cc(Cl)ncc1Cl)C1CCS(=O)(=O)C1. The molecule has 0 radical (unpaired) electrons. The molecule has 0 N–H and O–H groups in total. The summed E-state index contributed by atoms with van der Waals surface area (Å²) in [5, 5.41) is 0.273. The fourth-order valence-corrected chi connectivity index (χ4v) is 4.29. The average Bonchev–Trinajstić information content (AvgIpc) is 2.78. The number of nitrogens with zero attached hydrogens (tertiary/aromatic N) is 2. The van der Waals surface area contributed by atoms with Crippen molar-refractivity contribution in [3.8, 4) is 12.3 Å². The van der Waals surface area contributed by atoms with Crippen LogP contribution in [0.4, 0.5) is 0 Å². The van der Waals surface area contributed by atoms with Crippen LogP contribution < -0.4 is 0 Å². The van der Waals surface area contributed by atoms with Crippen LogP contribution in [0, 0.1) is 12.3 Å². The van der Waals surface area contributed by atoms with Crippen molar-refractivity contribution in [1.29, 1.82) is 0 Å². The Hall–Kier alpha value is -1.29. The Labute approximate surface area is 133 Å². The molecule has 112 valence electrons. The Morgan fingerprint density at radius 2 is 2.24 bits per heavy atom. The van der Waals surface area contributed by atoms with Crippen molar-refractivity contribution >= 4 is 38.9 Å². The molecule has 2 rings (SSSR count). The molecular formula is C13H12Cl2N2O3S. The minimum atomic E-state index is -3.13. The zero-order chi connectivity index (χ0) is 15.6. The number of hydrogen-bond acceptors (Lipinski definition) is 4. The summed E-state index contributed by atoms with van der Waals surface area (Å²) < 4.78 is 23.2. The number of halogens is 2. The predicted molar refractivity (Wildman–Crippen MR) is 81.2 cm³/mol. The van der Waals surface area contributed by atoms with E-state index in [9.17, 15) is 13.2 Å². The van der Waals surface area contributed by atoms with Crippen molar-refractivity contribution in [2.75, 3.05) is 18.1 Å². The topological polar surface area (TPSA) is 67.3 Å². The second-order valence-electron chi connectivity index (χ2n) is 4.68. The first-order valence-electron chi connectivity index (χ1n) is 6.10. The molecule has 0 saturated carbocycles. The first-order valence-corrected chi connectivity index (χ1v) is 8.67. The lowest BCUT2D eigenvalue weighted by Gasteiger charge is -2.26. The summed E-state index contributed by atoms with van der Waals surface area (Å²) in [6, 6.07) is 0.903. The minimum Gasteiger partial charge on any atom is -0.323 e. The maximum Gasteiger partial charge on any atom is 0.256 e. The molecule has 1 aliphatic rings. The zero-order valence-electron chi connectivity index (χ0n) is 10.9. The van der Waals surface area contributed by atoms with Gasteiger partial charge in [-0.2, -0.15) is 0 Å². The highest BCUT2D eigenvalue weighted by Gasteiger charge is 2.35. The molecule has 2 heterocycles. The summed E-state index contributed by atoms with van der Waals surface area (Å²) in [7, 11) is -3.13. The summed E-state index contributed by atoms with van der Waals surface area (Å²) in [6.07, 6.45) is 6.93. The van der Waals surface area contributed by atoms with E-state index in [-0.39, 0.29) is 33.8 Å². The van der Waals surface area contributed by atoms with Gasteiger partial charge < -0.3 is 4.90 Å². The first kappa shape index (κ1) is 16.1. The molecule has 1 aromatic rings. The molecule has 1 amide bonds. The number of hydrogen-bond donors (Lipinski definition) is 0. The van der Waals surface area contributed by atoms with Crippen LogP contribution in [0.25, 0.3) is 0 Å². The van der Waals surface area contributed by atoms with Crippen molar-refractivity contribution in [1.82, 2.24) is 9.88 Å². The largest absolute Gasteiger partial charge is 0.323 e. The van der Waals surface area contributed by atoms with E-state index in [1.54, 1.807) is 0 Å². The third-order valence-electron chi connectivity index (χ3n) is 3.22. The van der Waals surface area contributed by atoms with Crippen molar-refractivity contribution in [3.05, 3.63) is 28.0 Å². The maximum absolute atomic E-state index is 12.6. The molecule has 8 heteroatoms. The van der Waals surface area contributed by atoms with E-state index < -0.39 is 21.8 Å². The lowest BCUT2D eigenvalue weighted by molar-refractivity contribution is 0.0724. The predicted octanol–water partition coefficient (Wildman–Crippen LogP) is 1.65. The number of carbonyl (C=O) groups is 1. The zero-order valence-corrected chi connectivity index (χ0v) is 13.2. The summed E-state index contributed by atoms with van der Waals surface area (Å²) in [4.78, 5) is 17.7. The summed E-state index contributed by atoms with van der Waals surface area (Å²) in [5.41, 5.74) is 0.163. The van der Waals surface area contributed by atoms with Gasteiger partial charge in [-0.25, -0.2) is 13.4 Å². The number of sulfone groups is 1. The van der Waals surface area contributed by atoms with Gasteiger partial charge in [-0.15, -0.1) is 6.42 Å². The van der Waals surface area contributed by atoms with Gasteiger partial charge in [0.05, 0.1) is 28.6 Å². The van der Waals surface area contributed by atoms with E-state index >= 15 is 0 Å². The van der Waals surface area contributed by atoms with Gasteiger partial charge in [0.2, 0.25) is 0 Å². The number of aromatic nitrogens is 1. The number of pyridine rings is 1.